The highest BCUT2D eigenvalue weighted by atomic mass is 16.5. The Hall–Kier alpha value is -2.90. The molecular weight excluding hydrogens is 430 g/mol. The molecule has 2 heterocycles. The van der Waals surface area contributed by atoms with Crippen molar-refractivity contribution in [2.75, 3.05) is 47.0 Å². The van der Waals surface area contributed by atoms with E-state index in [9.17, 15) is 9.59 Å². The minimum Gasteiger partial charge on any atom is -0.497 e. The molecule has 0 radical (unpaired) electrons. The van der Waals surface area contributed by atoms with Gasteiger partial charge in [0.05, 0.1) is 20.3 Å². The van der Waals surface area contributed by atoms with Crippen molar-refractivity contribution < 1.29 is 19.1 Å². The predicted octanol–water partition coefficient (Wildman–Crippen LogP) is 3.57. The average Bonchev–Trinajstić information content (AvgIpc) is 3.05. The third-order valence-electron chi connectivity index (χ3n) is 7.08. The van der Waals surface area contributed by atoms with Crippen molar-refractivity contribution in [1.82, 2.24) is 14.7 Å². The van der Waals surface area contributed by atoms with Gasteiger partial charge in [-0.05, 0) is 55.5 Å². The Kier molecular flexibility index (Phi) is 7.85. The number of nitrogens with zero attached hydrogens (tertiary/aromatic N) is 3. The molecule has 2 aromatic carbocycles. The Balaban J connectivity index is 1.42. The summed E-state index contributed by atoms with van der Waals surface area (Å²) in [5.41, 5.74) is 1.46. The summed E-state index contributed by atoms with van der Waals surface area (Å²) in [5.74, 6) is 0.631. The summed E-state index contributed by atoms with van der Waals surface area (Å²) >= 11 is 0. The topological polar surface area (TPSA) is 62.3 Å². The van der Waals surface area contributed by atoms with Crippen LogP contribution in [0.1, 0.15) is 30.4 Å². The number of imide groups is 1. The molecule has 1 spiro atoms. The molecule has 0 unspecified atom stereocenters. The molecule has 182 valence electrons. The first-order valence-corrected chi connectivity index (χ1v) is 12.1. The van der Waals surface area contributed by atoms with Crippen molar-refractivity contribution >= 4 is 11.9 Å². The van der Waals surface area contributed by atoms with Gasteiger partial charge in [0.2, 0.25) is 0 Å². The summed E-state index contributed by atoms with van der Waals surface area (Å²) < 4.78 is 10.6. The van der Waals surface area contributed by atoms with Crippen LogP contribution >= 0.6 is 0 Å². The van der Waals surface area contributed by atoms with E-state index in [1.54, 1.807) is 19.1 Å². The number of carbonyl (C=O) groups is 2. The molecule has 34 heavy (non-hydrogen) atoms. The third kappa shape index (κ3) is 5.10. The van der Waals surface area contributed by atoms with Crippen LogP contribution in [-0.4, -0.2) is 79.2 Å². The van der Waals surface area contributed by atoms with Gasteiger partial charge in [-0.1, -0.05) is 42.5 Å². The van der Waals surface area contributed by atoms with Crippen LogP contribution in [0.25, 0.3) is 0 Å². The Morgan fingerprint density at radius 2 is 1.65 bits per heavy atom. The van der Waals surface area contributed by atoms with E-state index in [1.807, 2.05) is 30.3 Å². The zero-order valence-electron chi connectivity index (χ0n) is 20.2. The van der Waals surface area contributed by atoms with E-state index in [1.165, 1.54) is 10.5 Å². The lowest BCUT2D eigenvalue weighted by atomic mass is 9.85. The SMILES string of the molecule is COCCN1C(=O)N(Cc2cccc(OC)c2)C(=O)C12CCN(CCCc1ccccc1)CC2. The predicted molar refractivity (Wildman–Crippen MR) is 131 cm³/mol. The summed E-state index contributed by atoms with van der Waals surface area (Å²) in [4.78, 5) is 32.7. The van der Waals surface area contributed by atoms with Gasteiger partial charge in [-0.2, -0.15) is 0 Å². The molecule has 2 saturated heterocycles. The highest BCUT2D eigenvalue weighted by Gasteiger charge is 2.57. The van der Waals surface area contributed by atoms with Gasteiger partial charge in [0, 0.05) is 26.7 Å². The highest BCUT2D eigenvalue weighted by molar-refractivity contribution is 6.07. The first-order chi connectivity index (χ1) is 16.6. The highest BCUT2D eigenvalue weighted by Crippen LogP contribution is 2.38. The lowest BCUT2D eigenvalue weighted by Gasteiger charge is -2.42. The minimum absolute atomic E-state index is 0.0830. The second-order valence-electron chi connectivity index (χ2n) is 9.13. The summed E-state index contributed by atoms with van der Waals surface area (Å²) in [6, 6.07) is 17.8. The van der Waals surface area contributed by atoms with Crippen LogP contribution in [0.3, 0.4) is 0 Å². The van der Waals surface area contributed by atoms with Crippen LogP contribution in [0.15, 0.2) is 54.6 Å². The number of amides is 3. The van der Waals surface area contributed by atoms with Gasteiger partial charge < -0.3 is 19.3 Å². The van der Waals surface area contributed by atoms with Gasteiger partial charge in [0.25, 0.3) is 5.91 Å². The standard InChI is InChI=1S/C27H35N3O4/c1-33-19-18-30-26(32)29(21-23-10-6-12-24(20-23)34-2)25(31)27(30)13-16-28(17-14-27)15-7-11-22-8-4-3-5-9-22/h3-6,8-10,12,20H,7,11,13-19,21H2,1-2H3. The molecule has 2 aromatic rings. The molecule has 0 saturated carbocycles. The fraction of sp³-hybridized carbons (Fsp3) is 0.481. The van der Waals surface area contributed by atoms with Crippen LogP contribution in [0.5, 0.6) is 5.75 Å². The average molecular weight is 466 g/mol. The Morgan fingerprint density at radius 1 is 0.912 bits per heavy atom. The van der Waals surface area contributed by atoms with Crippen LogP contribution in [0.4, 0.5) is 4.79 Å². The summed E-state index contributed by atoms with van der Waals surface area (Å²) in [7, 11) is 3.23. The molecule has 7 nitrogen and oxygen atoms in total. The van der Waals surface area contributed by atoms with Gasteiger partial charge in [-0.25, -0.2) is 4.79 Å². The van der Waals surface area contributed by atoms with Crippen LogP contribution in [-0.2, 0) is 22.5 Å². The molecular formula is C27H35N3O4. The number of likely N-dealkylation sites (tertiary alicyclic amines) is 1. The first kappa shape index (κ1) is 24.2. The van der Waals surface area contributed by atoms with Crippen molar-refractivity contribution in [1.29, 1.82) is 0 Å². The monoisotopic (exact) mass is 465 g/mol. The van der Waals surface area contributed by atoms with Crippen molar-refractivity contribution in [3.63, 3.8) is 0 Å². The normalized spacial score (nSPS) is 18.2. The second kappa shape index (κ2) is 11.0. The van der Waals surface area contributed by atoms with E-state index >= 15 is 0 Å². The Bertz CT molecular complexity index is 973. The summed E-state index contributed by atoms with van der Waals surface area (Å²) in [5, 5.41) is 0. The van der Waals surface area contributed by atoms with Crippen molar-refractivity contribution in [2.24, 2.45) is 0 Å². The number of piperidine rings is 1. The van der Waals surface area contributed by atoms with Crippen LogP contribution in [0.2, 0.25) is 0 Å². The number of carbonyl (C=O) groups excluding carboxylic acids is 2. The van der Waals surface area contributed by atoms with Gasteiger partial charge >= 0.3 is 6.03 Å². The van der Waals surface area contributed by atoms with Crippen LogP contribution in [0, 0.1) is 0 Å². The minimum atomic E-state index is -0.773. The molecule has 4 rings (SSSR count). The Morgan fingerprint density at radius 3 is 2.35 bits per heavy atom. The second-order valence-corrected chi connectivity index (χ2v) is 9.13. The molecule has 0 aromatic heterocycles. The van der Waals surface area contributed by atoms with E-state index in [4.69, 9.17) is 9.47 Å². The zero-order valence-corrected chi connectivity index (χ0v) is 20.2. The number of rotatable bonds is 10. The largest absolute Gasteiger partial charge is 0.497 e. The van der Waals surface area contributed by atoms with Gasteiger partial charge in [0.15, 0.2) is 0 Å². The first-order valence-electron chi connectivity index (χ1n) is 12.1. The number of benzene rings is 2. The molecule has 2 aliphatic rings. The van der Waals surface area contributed by atoms with E-state index in [0.717, 1.165) is 38.0 Å². The van der Waals surface area contributed by atoms with E-state index in [-0.39, 0.29) is 18.5 Å². The van der Waals surface area contributed by atoms with E-state index < -0.39 is 5.54 Å². The number of hydrogen-bond donors (Lipinski definition) is 0. The fourth-order valence-corrected chi connectivity index (χ4v) is 5.15. The number of ether oxygens (including phenoxy) is 2. The van der Waals surface area contributed by atoms with Gasteiger partial charge in [0.1, 0.15) is 11.3 Å². The maximum absolute atomic E-state index is 13.7. The number of hydrogen-bond acceptors (Lipinski definition) is 5. The van der Waals surface area contributed by atoms with Crippen molar-refractivity contribution in [3.8, 4) is 5.75 Å². The number of urea groups is 1. The van der Waals surface area contributed by atoms with Crippen molar-refractivity contribution in [2.45, 2.75) is 37.8 Å². The maximum Gasteiger partial charge on any atom is 0.328 e. The molecule has 2 fully saturated rings. The van der Waals surface area contributed by atoms with Crippen molar-refractivity contribution in [3.05, 3.63) is 65.7 Å². The fourth-order valence-electron chi connectivity index (χ4n) is 5.15. The molecule has 0 aliphatic carbocycles. The van der Waals surface area contributed by atoms with E-state index in [0.29, 0.717) is 31.7 Å². The van der Waals surface area contributed by atoms with Gasteiger partial charge in [-0.15, -0.1) is 0 Å². The molecule has 7 heteroatoms. The summed E-state index contributed by atoms with van der Waals surface area (Å²) in [6.45, 7) is 3.70. The van der Waals surface area contributed by atoms with E-state index in [2.05, 4.69) is 29.2 Å². The van der Waals surface area contributed by atoms with Crippen LogP contribution < -0.4 is 4.74 Å². The molecule has 3 amide bonds. The molecule has 0 atom stereocenters. The third-order valence-corrected chi connectivity index (χ3v) is 7.08. The molecule has 0 N–H and O–H groups in total. The smallest absolute Gasteiger partial charge is 0.328 e. The quantitative estimate of drug-likeness (QED) is 0.502. The Labute approximate surface area is 202 Å². The van der Waals surface area contributed by atoms with Gasteiger partial charge in [-0.3, -0.25) is 9.69 Å². The lowest BCUT2D eigenvalue weighted by molar-refractivity contribution is -0.136. The molecule has 2 aliphatic heterocycles. The summed E-state index contributed by atoms with van der Waals surface area (Å²) in [6.07, 6.45) is 3.44. The number of aryl methyl sites for hydroxylation is 1. The number of methoxy groups -OCH3 is 2. The maximum atomic E-state index is 13.7. The molecule has 0 bridgehead atoms. The zero-order chi connectivity index (χ0) is 24.0. The lowest BCUT2D eigenvalue weighted by Crippen LogP contribution is -2.57.